The highest BCUT2D eigenvalue weighted by Gasteiger charge is 2.06. The minimum absolute atomic E-state index is 0.0669. The van der Waals surface area contributed by atoms with Gasteiger partial charge in [0.05, 0.1) is 0 Å². The zero-order chi connectivity index (χ0) is 10.6. The lowest BCUT2D eigenvalue weighted by atomic mass is 10.0. The molecule has 3 heteroatoms. The van der Waals surface area contributed by atoms with Gasteiger partial charge in [0.1, 0.15) is 0 Å². The summed E-state index contributed by atoms with van der Waals surface area (Å²) in [5, 5.41) is 8.80. The molecule has 1 unspecified atom stereocenters. The summed E-state index contributed by atoms with van der Waals surface area (Å²) in [4.78, 5) is 0. The van der Waals surface area contributed by atoms with Crippen molar-refractivity contribution < 1.29 is 5.11 Å². The number of rotatable bonds is 4. The minimum Gasteiger partial charge on any atom is -0.396 e. The van der Waals surface area contributed by atoms with Gasteiger partial charge in [-0.2, -0.15) is 0 Å². The number of aliphatic hydroxyl groups excluding tert-OH is 1. The molecule has 14 heavy (non-hydrogen) atoms. The topological polar surface area (TPSA) is 46.2 Å². The molecule has 78 valence electrons. The molecule has 0 heterocycles. The van der Waals surface area contributed by atoms with Crippen LogP contribution in [0.25, 0.3) is 0 Å². The van der Waals surface area contributed by atoms with Crippen molar-refractivity contribution in [1.29, 1.82) is 0 Å². The van der Waals surface area contributed by atoms with Crippen LogP contribution in [-0.4, -0.2) is 11.7 Å². The Bertz CT molecular complexity index is 301. The number of aliphatic hydroxyl groups is 1. The van der Waals surface area contributed by atoms with Crippen LogP contribution in [0.2, 0.25) is 0 Å². The molecule has 0 spiro atoms. The van der Waals surface area contributed by atoms with E-state index in [2.05, 4.69) is 35.0 Å². The molecule has 2 nitrogen and oxygen atoms in total. The van der Waals surface area contributed by atoms with Gasteiger partial charge in [0.25, 0.3) is 0 Å². The van der Waals surface area contributed by atoms with Crippen LogP contribution < -0.4 is 5.73 Å². The minimum atomic E-state index is -0.0669. The van der Waals surface area contributed by atoms with Gasteiger partial charge in [-0.15, -0.1) is 0 Å². The van der Waals surface area contributed by atoms with Crippen molar-refractivity contribution >= 4 is 15.9 Å². The summed E-state index contributed by atoms with van der Waals surface area (Å²) in [6.45, 7) is 2.25. The Morgan fingerprint density at radius 3 is 2.71 bits per heavy atom. The molecule has 0 saturated carbocycles. The van der Waals surface area contributed by atoms with E-state index in [0.29, 0.717) is 6.42 Å². The molecule has 0 radical (unpaired) electrons. The third kappa shape index (κ3) is 3.08. The van der Waals surface area contributed by atoms with E-state index in [4.69, 9.17) is 10.8 Å². The lowest BCUT2D eigenvalue weighted by molar-refractivity contribution is 0.276. The Hall–Kier alpha value is -0.380. The Morgan fingerprint density at radius 1 is 1.43 bits per heavy atom. The summed E-state index contributed by atoms with van der Waals surface area (Å²) < 4.78 is 1.06. The summed E-state index contributed by atoms with van der Waals surface area (Å²) >= 11 is 3.46. The van der Waals surface area contributed by atoms with Crippen molar-refractivity contribution in [2.45, 2.75) is 25.8 Å². The predicted molar refractivity (Wildman–Crippen MR) is 62.2 cm³/mol. The Morgan fingerprint density at radius 2 is 2.14 bits per heavy atom. The monoisotopic (exact) mass is 257 g/mol. The number of nitrogens with two attached hydrogens (primary N) is 1. The van der Waals surface area contributed by atoms with E-state index in [0.717, 1.165) is 16.5 Å². The van der Waals surface area contributed by atoms with E-state index in [1.807, 2.05) is 6.07 Å². The van der Waals surface area contributed by atoms with Crippen LogP contribution in [-0.2, 0) is 6.42 Å². The van der Waals surface area contributed by atoms with Crippen LogP contribution in [0.1, 0.15) is 30.5 Å². The van der Waals surface area contributed by atoms with E-state index >= 15 is 0 Å². The van der Waals surface area contributed by atoms with Gasteiger partial charge < -0.3 is 10.8 Å². The number of hydrogen-bond donors (Lipinski definition) is 2. The first-order valence-electron chi connectivity index (χ1n) is 4.83. The first kappa shape index (κ1) is 11.7. The summed E-state index contributed by atoms with van der Waals surface area (Å²) in [6, 6.07) is 6.14. The maximum absolute atomic E-state index is 8.80. The zero-order valence-corrected chi connectivity index (χ0v) is 9.92. The molecule has 0 aliphatic rings. The third-order valence-corrected chi connectivity index (χ3v) is 2.71. The standard InChI is InChI=1S/C11H16BrNO/c1-2-8-5-9(7-10(12)6-8)11(13)3-4-14/h5-7,11,14H,2-4,13H2,1H3. The lowest BCUT2D eigenvalue weighted by Crippen LogP contribution is -2.12. The third-order valence-electron chi connectivity index (χ3n) is 2.26. The Kier molecular flexibility index (Phi) is 4.58. The van der Waals surface area contributed by atoms with Crippen molar-refractivity contribution in [2.24, 2.45) is 5.73 Å². The maximum Gasteiger partial charge on any atom is 0.0449 e. The van der Waals surface area contributed by atoms with Crippen molar-refractivity contribution in [3.05, 3.63) is 33.8 Å². The molecule has 0 fully saturated rings. The highest BCUT2D eigenvalue weighted by molar-refractivity contribution is 9.10. The van der Waals surface area contributed by atoms with E-state index < -0.39 is 0 Å². The normalized spacial score (nSPS) is 12.9. The van der Waals surface area contributed by atoms with E-state index in [-0.39, 0.29) is 12.6 Å². The van der Waals surface area contributed by atoms with Gasteiger partial charge in [0.15, 0.2) is 0 Å². The van der Waals surface area contributed by atoms with E-state index in [9.17, 15) is 0 Å². The van der Waals surface area contributed by atoms with Crippen molar-refractivity contribution in [3.8, 4) is 0 Å². The molecule has 1 aromatic carbocycles. The van der Waals surface area contributed by atoms with Gasteiger partial charge >= 0.3 is 0 Å². The molecule has 0 aromatic heterocycles. The second kappa shape index (κ2) is 5.49. The highest BCUT2D eigenvalue weighted by Crippen LogP contribution is 2.21. The first-order chi connectivity index (χ1) is 6.67. The van der Waals surface area contributed by atoms with Gasteiger partial charge in [-0.25, -0.2) is 0 Å². The van der Waals surface area contributed by atoms with Gasteiger partial charge in [-0.3, -0.25) is 0 Å². The summed E-state index contributed by atoms with van der Waals surface area (Å²) in [6.07, 6.45) is 1.61. The fourth-order valence-corrected chi connectivity index (χ4v) is 1.96. The van der Waals surface area contributed by atoms with Crippen molar-refractivity contribution in [3.63, 3.8) is 0 Å². The highest BCUT2D eigenvalue weighted by atomic mass is 79.9. The van der Waals surface area contributed by atoms with E-state index in [1.54, 1.807) is 0 Å². The average molecular weight is 258 g/mol. The number of aryl methyl sites for hydroxylation is 1. The number of benzene rings is 1. The van der Waals surface area contributed by atoms with E-state index in [1.165, 1.54) is 5.56 Å². The molecule has 1 atom stereocenters. The molecule has 0 amide bonds. The molecule has 1 aromatic rings. The smallest absolute Gasteiger partial charge is 0.0449 e. The van der Waals surface area contributed by atoms with Crippen LogP contribution in [0.15, 0.2) is 22.7 Å². The van der Waals surface area contributed by atoms with Gasteiger partial charge in [-0.1, -0.05) is 28.9 Å². The van der Waals surface area contributed by atoms with Gasteiger partial charge in [-0.05, 0) is 36.1 Å². The lowest BCUT2D eigenvalue weighted by Gasteiger charge is -2.12. The van der Waals surface area contributed by atoms with Crippen LogP contribution in [0.5, 0.6) is 0 Å². The molecule has 3 N–H and O–H groups in total. The molecule has 0 aliphatic carbocycles. The quantitative estimate of drug-likeness (QED) is 0.871. The van der Waals surface area contributed by atoms with Crippen molar-refractivity contribution in [1.82, 2.24) is 0 Å². The van der Waals surface area contributed by atoms with Crippen LogP contribution in [0.3, 0.4) is 0 Å². The zero-order valence-electron chi connectivity index (χ0n) is 8.33. The number of hydrogen-bond acceptors (Lipinski definition) is 2. The molecule has 1 rings (SSSR count). The first-order valence-corrected chi connectivity index (χ1v) is 5.62. The SMILES string of the molecule is CCc1cc(Br)cc(C(N)CCO)c1. The van der Waals surface area contributed by atoms with Gasteiger partial charge in [0, 0.05) is 17.1 Å². The maximum atomic E-state index is 8.80. The molecule has 0 aliphatic heterocycles. The fraction of sp³-hybridized carbons (Fsp3) is 0.455. The molecule has 0 bridgehead atoms. The average Bonchev–Trinajstić information content (AvgIpc) is 2.17. The Labute approximate surface area is 93.3 Å². The molecule has 0 saturated heterocycles. The summed E-state index contributed by atoms with van der Waals surface area (Å²) in [5.41, 5.74) is 8.27. The summed E-state index contributed by atoms with van der Waals surface area (Å²) in [5.74, 6) is 0. The predicted octanol–water partition coefficient (Wildman–Crippen LogP) is 2.39. The van der Waals surface area contributed by atoms with Crippen LogP contribution in [0.4, 0.5) is 0 Å². The fourth-order valence-electron chi connectivity index (χ4n) is 1.40. The summed E-state index contributed by atoms with van der Waals surface area (Å²) in [7, 11) is 0. The largest absolute Gasteiger partial charge is 0.396 e. The van der Waals surface area contributed by atoms with Crippen LogP contribution >= 0.6 is 15.9 Å². The Balaban J connectivity index is 2.90. The second-order valence-electron chi connectivity index (χ2n) is 3.37. The number of halogens is 1. The second-order valence-corrected chi connectivity index (χ2v) is 4.28. The molecular weight excluding hydrogens is 242 g/mol. The van der Waals surface area contributed by atoms with Crippen LogP contribution in [0, 0.1) is 0 Å². The molecular formula is C11H16BrNO. The van der Waals surface area contributed by atoms with Crippen molar-refractivity contribution in [2.75, 3.05) is 6.61 Å². The van der Waals surface area contributed by atoms with Gasteiger partial charge in [0.2, 0.25) is 0 Å².